The van der Waals surface area contributed by atoms with Crippen LogP contribution in [0.4, 0.5) is 0 Å². The van der Waals surface area contributed by atoms with Gasteiger partial charge in [-0.1, -0.05) is 55.4 Å². The average Bonchev–Trinajstić information content (AvgIpc) is 3.07. The normalized spacial score (nSPS) is 53.4. The minimum atomic E-state index is -0.567. The predicted molar refractivity (Wildman–Crippen MR) is 132 cm³/mol. The summed E-state index contributed by atoms with van der Waals surface area (Å²) in [6, 6.07) is 0. The number of hydrogen-bond donors (Lipinski definition) is 2. The summed E-state index contributed by atoms with van der Waals surface area (Å²) in [6.45, 7) is 18.7. The summed E-state index contributed by atoms with van der Waals surface area (Å²) in [6.07, 6.45) is 6.74. The number of Topliss-reactive ketones (excluding diaryl/α,β-unsaturated/α-hetero) is 1. The summed E-state index contributed by atoms with van der Waals surface area (Å²) >= 11 is 0. The van der Waals surface area contributed by atoms with E-state index in [-0.39, 0.29) is 33.7 Å². The molecule has 0 spiro atoms. The van der Waals surface area contributed by atoms with Gasteiger partial charge < -0.3 is 10.2 Å². The maximum atomic E-state index is 14.2. The van der Waals surface area contributed by atoms with Gasteiger partial charge in [-0.3, -0.25) is 4.79 Å². The lowest BCUT2D eigenvalue weighted by Gasteiger charge is -2.67. The van der Waals surface area contributed by atoms with Crippen molar-refractivity contribution in [2.24, 2.45) is 50.7 Å². The second-order valence-electron chi connectivity index (χ2n) is 14.7. The van der Waals surface area contributed by atoms with Crippen molar-refractivity contribution in [3.8, 4) is 0 Å². The smallest absolute Gasteiger partial charge is 0.160 e. The van der Waals surface area contributed by atoms with Gasteiger partial charge in [0, 0.05) is 12.0 Å². The fourth-order valence-corrected chi connectivity index (χ4v) is 11.0. The summed E-state index contributed by atoms with van der Waals surface area (Å²) < 4.78 is 0. The minimum absolute atomic E-state index is 0.0898. The summed E-state index contributed by atoms with van der Waals surface area (Å²) in [4.78, 5) is 14.2. The first-order valence-electron chi connectivity index (χ1n) is 13.8. The zero-order chi connectivity index (χ0) is 24.4. The van der Waals surface area contributed by atoms with Crippen LogP contribution in [0.3, 0.4) is 0 Å². The van der Waals surface area contributed by atoms with Gasteiger partial charge in [-0.05, 0) is 101 Å². The lowest BCUT2D eigenvalue weighted by atomic mass is 9.37. The van der Waals surface area contributed by atoms with Crippen LogP contribution in [-0.2, 0) is 4.79 Å². The largest absolute Gasteiger partial charge is 0.393 e. The van der Waals surface area contributed by atoms with Crippen molar-refractivity contribution in [3.63, 3.8) is 0 Å². The van der Waals surface area contributed by atoms with E-state index in [0.29, 0.717) is 35.9 Å². The molecule has 5 aliphatic rings. The molecule has 0 aliphatic heterocycles. The van der Waals surface area contributed by atoms with E-state index in [1.807, 2.05) is 0 Å². The van der Waals surface area contributed by atoms with Gasteiger partial charge in [0.05, 0.1) is 12.2 Å². The van der Waals surface area contributed by atoms with Crippen molar-refractivity contribution in [2.75, 3.05) is 0 Å². The molecule has 3 fully saturated rings. The van der Waals surface area contributed by atoms with Gasteiger partial charge in [-0.15, -0.1) is 0 Å². The number of aliphatic hydroxyl groups excluding tert-OH is 2. The Bertz CT molecular complexity index is 900. The number of carbonyl (C=O) groups is 1. The molecule has 9 unspecified atom stereocenters. The number of carbonyl (C=O) groups excluding carboxylic acids is 1. The maximum Gasteiger partial charge on any atom is 0.160 e. The first kappa shape index (κ1) is 24.0. The van der Waals surface area contributed by atoms with Gasteiger partial charge in [0.1, 0.15) is 0 Å². The predicted octanol–water partition coefficient (Wildman–Crippen LogP) is 6.32. The lowest BCUT2D eigenvalue weighted by molar-refractivity contribution is -0.155. The van der Waals surface area contributed by atoms with Crippen molar-refractivity contribution in [3.05, 3.63) is 11.1 Å². The van der Waals surface area contributed by atoms with Gasteiger partial charge in [-0.25, -0.2) is 0 Å². The van der Waals surface area contributed by atoms with Gasteiger partial charge in [0.2, 0.25) is 0 Å². The van der Waals surface area contributed by atoms with Crippen molar-refractivity contribution in [1.29, 1.82) is 0 Å². The molecule has 5 rings (SSSR count). The Morgan fingerprint density at radius 2 is 1.55 bits per heavy atom. The van der Waals surface area contributed by atoms with Crippen molar-refractivity contribution in [2.45, 2.75) is 119 Å². The quantitative estimate of drug-likeness (QED) is 0.485. The van der Waals surface area contributed by atoms with Crippen LogP contribution in [0.5, 0.6) is 0 Å². The Balaban J connectivity index is 1.66. The minimum Gasteiger partial charge on any atom is -0.393 e. The molecule has 0 amide bonds. The van der Waals surface area contributed by atoms with Crippen LogP contribution in [0, 0.1) is 50.7 Å². The average molecular weight is 457 g/mol. The number of aliphatic hydroxyl groups is 2. The third-order valence-electron chi connectivity index (χ3n) is 12.9. The molecule has 0 bridgehead atoms. The summed E-state index contributed by atoms with van der Waals surface area (Å²) in [5.41, 5.74) is 1.64. The van der Waals surface area contributed by atoms with E-state index in [4.69, 9.17) is 0 Å². The Morgan fingerprint density at radius 3 is 2.18 bits per heavy atom. The number of hydrogen-bond acceptors (Lipinski definition) is 3. The van der Waals surface area contributed by atoms with E-state index >= 15 is 0 Å². The van der Waals surface area contributed by atoms with Gasteiger partial charge in [0.15, 0.2) is 5.78 Å². The second kappa shape index (κ2) is 6.96. The van der Waals surface area contributed by atoms with Crippen LogP contribution >= 0.6 is 0 Å². The highest BCUT2D eigenvalue weighted by Crippen LogP contribution is 2.75. The molecular weight excluding hydrogens is 408 g/mol. The number of allylic oxidation sites excluding steroid dienone is 1. The van der Waals surface area contributed by atoms with E-state index in [2.05, 4.69) is 55.4 Å². The monoisotopic (exact) mass is 456 g/mol. The van der Waals surface area contributed by atoms with Gasteiger partial charge in [-0.2, -0.15) is 0 Å². The molecule has 0 aromatic heterocycles. The van der Waals surface area contributed by atoms with E-state index in [1.54, 1.807) is 0 Å². The molecule has 0 aromatic carbocycles. The zero-order valence-electron chi connectivity index (χ0n) is 22.4. The van der Waals surface area contributed by atoms with Crippen LogP contribution in [-0.4, -0.2) is 28.2 Å². The summed E-state index contributed by atoms with van der Waals surface area (Å²) in [5.74, 6) is 2.38. The van der Waals surface area contributed by atoms with Crippen LogP contribution in [0.15, 0.2) is 11.1 Å². The third-order valence-corrected chi connectivity index (χ3v) is 12.9. The Kier molecular flexibility index (Phi) is 5.07. The fourth-order valence-electron chi connectivity index (χ4n) is 11.0. The molecule has 186 valence electrons. The molecule has 0 heterocycles. The molecule has 9 atom stereocenters. The Hall–Kier alpha value is -0.670. The molecule has 0 aromatic rings. The Morgan fingerprint density at radius 1 is 0.879 bits per heavy atom. The van der Waals surface area contributed by atoms with Gasteiger partial charge in [0.25, 0.3) is 0 Å². The number of ketones is 1. The molecule has 3 nitrogen and oxygen atoms in total. The van der Waals surface area contributed by atoms with Gasteiger partial charge >= 0.3 is 0 Å². The summed E-state index contributed by atoms with van der Waals surface area (Å²) in [7, 11) is 0. The van der Waals surface area contributed by atoms with Crippen molar-refractivity contribution >= 4 is 5.78 Å². The number of fused-ring (bicyclic) bond motifs is 6. The SMILES string of the molecule is CC(C)C1CCC2C1(C)CCC1(C)C3=C(C(=O)CC21C)C1(C)CCC(O)C(C)(C)C1CC3O. The molecule has 33 heavy (non-hydrogen) atoms. The van der Waals surface area contributed by atoms with Crippen LogP contribution in [0.2, 0.25) is 0 Å². The summed E-state index contributed by atoms with van der Waals surface area (Å²) in [5, 5.41) is 22.6. The standard InChI is InChI=1S/C30H48O3/c1-17(2)18-9-10-21-27(18,5)13-14-29(7)25-19(31)15-22-26(3,4)23(33)11-12-28(22,6)24(25)20(32)16-30(21,29)8/h17-19,21-23,31,33H,9-16H2,1-8H3. The van der Waals surface area contributed by atoms with E-state index in [9.17, 15) is 15.0 Å². The molecule has 2 N–H and O–H groups in total. The highest BCUT2D eigenvalue weighted by Gasteiger charge is 2.69. The van der Waals surface area contributed by atoms with E-state index in [1.165, 1.54) is 19.3 Å². The lowest BCUT2D eigenvalue weighted by Crippen LogP contribution is -2.63. The number of rotatable bonds is 1. The van der Waals surface area contributed by atoms with Crippen LogP contribution in [0.1, 0.15) is 107 Å². The van der Waals surface area contributed by atoms with Crippen molar-refractivity contribution in [1.82, 2.24) is 0 Å². The highest BCUT2D eigenvalue weighted by atomic mass is 16.3. The molecule has 0 radical (unpaired) electrons. The van der Waals surface area contributed by atoms with Crippen LogP contribution in [0.25, 0.3) is 0 Å². The van der Waals surface area contributed by atoms with E-state index < -0.39 is 6.10 Å². The van der Waals surface area contributed by atoms with Crippen LogP contribution < -0.4 is 0 Å². The zero-order valence-corrected chi connectivity index (χ0v) is 22.4. The molecule has 0 saturated heterocycles. The molecule has 3 heteroatoms. The molecular formula is C30H48O3. The second-order valence-corrected chi connectivity index (χ2v) is 14.7. The first-order valence-corrected chi connectivity index (χ1v) is 13.8. The highest BCUT2D eigenvalue weighted by molar-refractivity contribution is 6.00. The molecule has 5 aliphatic carbocycles. The fraction of sp³-hybridized carbons (Fsp3) is 0.900. The molecule has 3 saturated carbocycles. The topological polar surface area (TPSA) is 57.5 Å². The Labute approximate surface area is 201 Å². The maximum absolute atomic E-state index is 14.2. The van der Waals surface area contributed by atoms with Crippen molar-refractivity contribution < 1.29 is 15.0 Å². The first-order chi connectivity index (χ1) is 15.1. The van der Waals surface area contributed by atoms with E-state index in [0.717, 1.165) is 36.3 Å². The third kappa shape index (κ3) is 2.73.